The van der Waals surface area contributed by atoms with Crippen molar-refractivity contribution in [3.63, 3.8) is 0 Å². The molecule has 4 rings (SSSR count). The van der Waals surface area contributed by atoms with E-state index in [9.17, 15) is 0 Å². The maximum absolute atomic E-state index is 4.14. The molecular formula is C32H52. The van der Waals surface area contributed by atoms with Gasteiger partial charge in [0.05, 0.1) is 0 Å². The van der Waals surface area contributed by atoms with Crippen LogP contribution >= 0.6 is 0 Å². The molecule has 32 heavy (non-hydrogen) atoms. The van der Waals surface area contributed by atoms with E-state index in [0.717, 1.165) is 35.5 Å². The number of hydrogen-bond acceptors (Lipinski definition) is 0. The minimum Gasteiger partial charge on any atom is -0.103 e. The van der Waals surface area contributed by atoms with Crippen LogP contribution in [0.2, 0.25) is 0 Å². The van der Waals surface area contributed by atoms with Crippen LogP contribution in [0.4, 0.5) is 0 Å². The van der Waals surface area contributed by atoms with E-state index < -0.39 is 0 Å². The Hall–Kier alpha value is -0.780. The molecule has 0 aromatic carbocycles. The van der Waals surface area contributed by atoms with Gasteiger partial charge in [0.1, 0.15) is 0 Å². The van der Waals surface area contributed by atoms with E-state index in [-0.39, 0.29) is 0 Å². The Balaban J connectivity index is 1.82. The lowest BCUT2D eigenvalue weighted by molar-refractivity contribution is 0.0406. The van der Waals surface area contributed by atoms with Gasteiger partial charge in [0.2, 0.25) is 0 Å². The number of allylic oxidation sites excluding steroid dienone is 5. The highest BCUT2D eigenvalue weighted by Gasteiger charge is 2.58. The predicted molar refractivity (Wildman–Crippen MR) is 140 cm³/mol. The fraction of sp³-hybridized carbons (Fsp3) is 0.812. The molecule has 0 aromatic rings. The molecule has 2 saturated carbocycles. The molecule has 0 nitrogen and oxygen atoms in total. The lowest BCUT2D eigenvalue weighted by Gasteiger charge is -2.48. The second-order valence-corrected chi connectivity index (χ2v) is 14.3. The molecule has 2 fully saturated rings. The standard InChI is InChI=1S/C32H52/c1-9-10-19-32(8,22-13-11-12-14-22)29-27-20-23(30(2,3)4)15-17-25(27)26-18-16-24(21-28(26)29)31(5,6)7/h9,20-22,25-29H,1,10-19H2,2-8H3/t25-,26?,27?,28?,29?,32?/m0/s1. The molecular weight excluding hydrogens is 384 g/mol. The van der Waals surface area contributed by atoms with Crippen molar-refractivity contribution in [3.8, 4) is 0 Å². The minimum absolute atomic E-state index is 0.320. The van der Waals surface area contributed by atoms with Crippen molar-refractivity contribution in [2.24, 2.45) is 51.8 Å². The quantitative estimate of drug-likeness (QED) is 0.376. The lowest BCUT2D eigenvalue weighted by atomic mass is 9.57. The van der Waals surface area contributed by atoms with Gasteiger partial charge in [0, 0.05) is 0 Å². The largest absolute Gasteiger partial charge is 0.103 e. The summed E-state index contributed by atoms with van der Waals surface area (Å²) in [7, 11) is 0. The number of fused-ring (bicyclic) bond motifs is 3. The minimum atomic E-state index is 0.320. The van der Waals surface area contributed by atoms with Crippen LogP contribution in [-0.4, -0.2) is 0 Å². The molecule has 0 aliphatic heterocycles. The molecule has 0 amide bonds. The average molecular weight is 437 g/mol. The summed E-state index contributed by atoms with van der Waals surface area (Å²) in [6, 6.07) is 0. The molecule has 0 heteroatoms. The van der Waals surface area contributed by atoms with E-state index in [1.54, 1.807) is 11.1 Å². The molecule has 0 N–H and O–H groups in total. The third kappa shape index (κ3) is 4.34. The van der Waals surface area contributed by atoms with Crippen molar-refractivity contribution in [1.82, 2.24) is 0 Å². The van der Waals surface area contributed by atoms with Gasteiger partial charge in [0.15, 0.2) is 0 Å². The molecule has 0 aromatic heterocycles. The first-order valence-corrected chi connectivity index (χ1v) is 14.0. The van der Waals surface area contributed by atoms with Crippen LogP contribution in [0.3, 0.4) is 0 Å². The first-order chi connectivity index (χ1) is 15.0. The Morgan fingerprint density at radius 2 is 1.25 bits per heavy atom. The van der Waals surface area contributed by atoms with Crippen LogP contribution in [0, 0.1) is 51.8 Å². The Morgan fingerprint density at radius 3 is 1.66 bits per heavy atom. The summed E-state index contributed by atoms with van der Waals surface area (Å²) < 4.78 is 0. The van der Waals surface area contributed by atoms with Gasteiger partial charge in [-0.15, -0.1) is 6.58 Å². The van der Waals surface area contributed by atoms with Gasteiger partial charge in [0.25, 0.3) is 0 Å². The zero-order chi connectivity index (χ0) is 23.3. The van der Waals surface area contributed by atoms with Crippen molar-refractivity contribution in [2.45, 2.75) is 113 Å². The van der Waals surface area contributed by atoms with Crippen molar-refractivity contribution in [2.75, 3.05) is 0 Å². The maximum atomic E-state index is 4.14. The third-order valence-corrected chi connectivity index (χ3v) is 10.5. The van der Waals surface area contributed by atoms with Crippen LogP contribution < -0.4 is 0 Å². The second kappa shape index (κ2) is 8.78. The van der Waals surface area contributed by atoms with Crippen LogP contribution in [0.15, 0.2) is 36.0 Å². The third-order valence-electron chi connectivity index (χ3n) is 10.5. The van der Waals surface area contributed by atoms with Crippen LogP contribution in [0.5, 0.6) is 0 Å². The average Bonchev–Trinajstić information content (AvgIpc) is 3.36. The Kier molecular flexibility index (Phi) is 6.68. The van der Waals surface area contributed by atoms with Gasteiger partial charge < -0.3 is 0 Å². The molecule has 0 heterocycles. The SMILES string of the molecule is C=CCCC(C)(C1CCCC1)C1C2C=C(C(C)(C)C)CCC2[C@@H]2CCC(C(C)(C)C)=CC12. The van der Waals surface area contributed by atoms with Gasteiger partial charge >= 0.3 is 0 Å². The smallest absolute Gasteiger partial charge is 0.0160 e. The summed E-state index contributed by atoms with van der Waals surface area (Å²) in [5, 5.41) is 0. The van der Waals surface area contributed by atoms with E-state index >= 15 is 0 Å². The van der Waals surface area contributed by atoms with Gasteiger partial charge in [-0.05, 0) is 103 Å². The molecule has 0 bridgehead atoms. The first-order valence-electron chi connectivity index (χ1n) is 14.0. The summed E-state index contributed by atoms with van der Waals surface area (Å²) >= 11 is 0. The predicted octanol–water partition coefficient (Wildman–Crippen LogP) is 9.78. The fourth-order valence-corrected chi connectivity index (χ4v) is 8.67. The van der Waals surface area contributed by atoms with Gasteiger partial charge in [-0.25, -0.2) is 0 Å². The van der Waals surface area contributed by atoms with Crippen molar-refractivity contribution in [1.29, 1.82) is 0 Å². The van der Waals surface area contributed by atoms with E-state index in [0.29, 0.717) is 16.2 Å². The Labute approximate surface area is 200 Å². The van der Waals surface area contributed by atoms with Gasteiger partial charge in [-0.3, -0.25) is 0 Å². The number of rotatable bonds is 5. The zero-order valence-corrected chi connectivity index (χ0v) is 22.5. The van der Waals surface area contributed by atoms with E-state index in [1.165, 1.54) is 64.2 Å². The highest BCUT2D eigenvalue weighted by atomic mass is 14.6. The van der Waals surface area contributed by atoms with Crippen LogP contribution in [0.25, 0.3) is 0 Å². The van der Waals surface area contributed by atoms with E-state index in [4.69, 9.17) is 0 Å². The molecule has 0 radical (unpaired) electrons. The van der Waals surface area contributed by atoms with Crippen molar-refractivity contribution in [3.05, 3.63) is 36.0 Å². The zero-order valence-electron chi connectivity index (χ0n) is 22.5. The summed E-state index contributed by atoms with van der Waals surface area (Å²) in [4.78, 5) is 0. The molecule has 4 aliphatic carbocycles. The van der Waals surface area contributed by atoms with E-state index in [2.05, 4.69) is 73.3 Å². The fourth-order valence-electron chi connectivity index (χ4n) is 8.67. The normalized spacial score (nSPS) is 35.5. The summed E-state index contributed by atoms with van der Waals surface area (Å²) in [6.45, 7) is 21.6. The molecule has 6 atom stereocenters. The maximum Gasteiger partial charge on any atom is -0.0160 e. The van der Waals surface area contributed by atoms with Gasteiger partial charge in [-0.1, -0.05) is 90.7 Å². The Bertz CT molecular complexity index is 698. The lowest BCUT2D eigenvalue weighted by Crippen LogP contribution is -2.41. The molecule has 0 spiro atoms. The topological polar surface area (TPSA) is 0 Å². The second-order valence-electron chi connectivity index (χ2n) is 14.3. The first kappa shape index (κ1) is 24.3. The Morgan fingerprint density at radius 1 is 0.781 bits per heavy atom. The van der Waals surface area contributed by atoms with E-state index in [1.807, 2.05) is 0 Å². The summed E-state index contributed by atoms with van der Waals surface area (Å²) in [5.74, 6) is 5.14. The molecule has 4 aliphatic rings. The molecule has 0 saturated heterocycles. The highest BCUT2D eigenvalue weighted by molar-refractivity contribution is 5.27. The highest BCUT2D eigenvalue weighted by Crippen LogP contribution is 2.65. The van der Waals surface area contributed by atoms with Gasteiger partial charge in [-0.2, -0.15) is 0 Å². The van der Waals surface area contributed by atoms with Crippen LogP contribution in [0.1, 0.15) is 113 Å². The monoisotopic (exact) mass is 436 g/mol. The molecule has 180 valence electrons. The summed E-state index contributed by atoms with van der Waals surface area (Å²) in [6.07, 6.45) is 21.8. The van der Waals surface area contributed by atoms with Crippen molar-refractivity contribution < 1.29 is 0 Å². The van der Waals surface area contributed by atoms with Crippen LogP contribution in [-0.2, 0) is 0 Å². The van der Waals surface area contributed by atoms with Crippen molar-refractivity contribution >= 4 is 0 Å². The molecule has 5 unspecified atom stereocenters. The summed E-state index contributed by atoms with van der Waals surface area (Å²) in [5.41, 5.74) is 4.58. The number of hydrogen-bond donors (Lipinski definition) is 0.